The Balaban J connectivity index is 0.00000400. The molecular weight excluding hydrogens is 543 g/mol. The van der Waals surface area contributed by atoms with Crippen molar-refractivity contribution in [3.05, 3.63) is 69.7 Å². The molecule has 0 aromatic heterocycles. The molecule has 2 fully saturated rings. The van der Waals surface area contributed by atoms with Crippen molar-refractivity contribution in [2.75, 3.05) is 13.1 Å². The molecule has 208 valence electrons. The van der Waals surface area contributed by atoms with Crippen LogP contribution in [-0.4, -0.2) is 58.9 Å². The normalized spacial score (nSPS) is 22.5. The van der Waals surface area contributed by atoms with Crippen molar-refractivity contribution in [2.24, 2.45) is 11.7 Å². The Morgan fingerprint density at radius 3 is 2.58 bits per heavy atom. The van der Waals surface area contributed by atoms with E-state index < -0.39 is 6.04 Å². The van der Waals surface area contributed by atoms with Crippen molar-refractivity contribution in [1.29, 1.82) is 0 Å². The van der Waals surface area contributed by atoms with Gasteiger partial charge < -0.3 is 16.0 Å². The zero-order chi connectivity index (χ0) is 26.5. The predicted molar refractivity (Wildman–Crippen MR) is 157 cm³/mol. The summed E-state index contributed by atoms with van der Waals surface area (Å²) < 4.78 is 0. The molecule has 6 nitrogen and oxygen atoms in total. The van der Waals surface area contributed by atoms with Gasteiger partial charge in [-0.25, -0.2) is 0 Å². The minimum Gasteiger partial charge on any atom is -0.350 e. The van der Waals surface area contributed by atoms with Gasteiger partial charge in [-0.15, -0.1) is 12.4 Å². The lowest BCUT2D eigenvalue weighted by Gasteiger charge is -2.33. The maximum absolute atomic E-state index is 13.9. The smallest absolute Gasteiger partial charge is 0.243 e. The van der Waals surface area contributed by atoms with Gasteiger partial charge in [-0.1, -0.05) is 73.4 Å². The van der Waals surface area contributed by atoms with Gasteiger partial charge in [-0.3, -0.25) is 14.5 Å². The number of nitrogens with one attached hydrogen (secondary N) is 1. The standard InChI is InChI=1S/C29H38Cl2N4O2.ClH/c1-19(2)14-26(28(36)33-17-21-9-10-22(30)15-25(21)31)34-13-12-24(11-8-20-6-4-3-5-7-20)35-18-23(32)16-27(35)29(34)37;/h3-7,9-10,15,19,23-24,26-27H,8,11-14,16-18,32H2,1-2H3,(H,33,36);1H/t23-,24?,26-,27+;/m1./s1. The minimum absolute atomic E-state index is 0. The summed E-state index contributed by atoms with van der Waals surface area (Å²) >= 11 is 12.3. The van der Waals surface area contributed by atoms with Gasteiger partial charge in [0.05, 0.1) is 6.04 Å². The number of hydrogen-bond donors (Lipinski definition) is 2. The molecule has 0 saturated carbocycles. The van der Waals surface area contributed by atoms with Crippen molar-refractivity contribution in [3.8, 4) is 0 Å². The van der Waals surface area contributed by atoms with Gasteiger partial charge in [0, 0.05) is 41.8 Å². The highest BCUT2D eigenvalue weighted by Gasteiger charge is 2.45. The van der Waals surface area contributed by atoms with E-state index in [4.69, 9.17) is 28.9 Å². The van der Waals surface area contributed by atoms with Crippen LogP contribution in [0.25, 0.3) is 0 Å². The van der Waals surface area contributed by atoms with Gasteiger partial charge in [0.25, 0.3) is 0 Å². The fraction of sp³-hybridized carbons (Fsp3) is 0.517. The first-order chi connectivity index (χ1) is 17.7. The summed E-state index contributed by atoms with van der Waals surface area (Å²) in [5.74, 6) is 0.131. The first kappa shape index (κ1) is 30.7. The van der Waals surface area contributed by atoms with Crippen LogP contribution >= 0.6 is 35.6 Å². The molecule has 4 rings (SSSR count). The van der Waals surface area contributed by atoms with Crippen molar-refractivity contribution in [1.82, 2.24) is 15.1 Å². The Hall–Kier alpha value is -1.83. The average Bonchev–Trinajstić information content (AvgIpc) is 3.20. The zero-order valence-electron chi connectivity index (χ0n) is 22.1. The Morgan fingerprint density at radius 2 is 1.89 bits per heavy atom. The summed E-state index contributed by atoms with van der Waals surface area (Å²) in [4.78, 5) is 31.6. The monoisotopic (exact) mass is 580 g/mol. The highest BCUT2D eigenvalue weighted by atomic mass is 35.5. The number of carbonyl (C=O) groups excluding carboxylic acids is 2. The van der Waals surface area contributed by atoms with Crippen molar-refractivity contribution >= 4 is 47.4 Å². The van der Waals surface area contributed by atoms with Crippen LogP contribution in [0.5, 0.6) is 0 Å². The van der Waals surface area contributed by atoms with E-state index in [1.54, 1.807) is 12.1 Å². The maximum Gasteiger partial charge on any atom is 0.243 e. The molecule has 38 heavy (non-hydrogen) atoms. The highest BCUT2D eigenvalue weighted by Crippen LogP contribution is 2.30. The third-order valence-corrected chi connectivity index (χ3v) is 8.15. The summed E-state index contributed by atoms with van der Waals surface area (Å²) in [6, 6.07) is 15.1. The molecule has 4 atom stereocenters. The number of benzene rings is 2. The van der Waals surface area contributed by atoms with Gasteiger partial charge >= 0.3 is 0 Å². The first-order valence-corrected chi connectivity index (χ1v) is 14.1. The predicted octanol–water partition coefficient (Wildman–Crippen LogP) is 5.08. The van der Waals surface area contributed by atoms with E-state index in [9.17, 15) is 9.59 Å². The third-order valence-electron chi connectivity index (χ3n) is 7.56. The fourth-order valence-electron chi connectivity index (χ4n) is 5.68. The second kappa shape index (κ2) is 14.0. The first-order valence-electron chi connectivity index (χ1n) is 13.3. The van der Waals surface area contributed by atoms with Crippen molar-refractivity contribution in [2.45, 2.75) is 76.7 Å². The van der Waals surface area contributed by atoms with E-state index in [-0.39, 0.29) is 54.8 Å². The number of rotatable bonds is 9. The number of nitrogens with two attached hydrogens (primary N) is 1. The largest absolute Gasteiger partial charge is 0.350 e. The van der Waals surface area contributed by atoms with Crippen LogP contribution in [-0.2, 0) is 22.6 Å². The van der Waals surface area contributed by atoms with Gasteiger partial charge in [0.2, 0.25) is 11.8 Å². The molecule has 2 aromatic rings. The zero-order valence-corrected chi connectivity index (χ0v) is 24.4. The third kappa shape index (κ3) is 7.64. The number of amides is 2. The lowest BCUT2D eigenvalue weighted by Crippen LogP contribution is -2.53. The fourth-order valence-corrected chi connectivity index (χ4v) is 6.16. The maximum atomic E-state index is 13.9. The summed E-state index contributed by atoms with van der Waals surface area (Å²) in [5, 5.41) is 4.09. The molecular formula is C29H39Cl3N4O2. The quantitative estimate of drug-likeness (QED) is 0.433. The molecule has 0 spiro atoms. The summed E-state index contributed by atoms with van der Waals surface area (Å²) in [6.45, 7) is 5.73. The van der Waals surface area contributed by atoms with Crippen LogP contribution < -0.4 is 11.1 Å². The van der Waals surface area contributed by atoms with Crippen LogP contribution in [0.2, 0.25) is 10.0 Å². The molecule has 2 aliphatic rings. The lowest BCUT2D eigenvalue weighted by atomic mass is 9.99. The molecule has 0 radical (unpaired) electrons. The molecule has 3 N–H and O–H groups in total. The molecule has 0 aliphatic carbocycles. The van der Waals surface area contributed by atoms with Gasteiger partial charge in [0.1, 0.15) is 6.04 Å². The Morgan fingerprint density at radius 1 is 1.16 bits per heavy atom. The van der Waals surface area contributed by atoms with E-state index in [2.05, 4.69) is 48.3 Å². The molecule has 1 unspecified atom stereocenters. The van der Waals surface area contributed by atoms with E-state index in [0.29, 0.717) is 29.4 Å². The van der Waals surface area contributed by atoms with Crippen LogP contribution in [0.1, 0.15) is 50.7 Å². The topological polar surface area (TPSA) is 78.7 Å². The highest BCUT2D eigenvalue weighted by molar-refractivity contribution is 6.35. The van der Waals surface area contributed by atoms with Crippen LogP contribution in [0.3, 0.4) is 0 Å². The lowest BCUT2D eigenvalue weighted by molar-refractivity contribution is -0.143. The Bertz CT molecular complexity index is 1080. The van der Waals surface area contributed by atoms with Crippen molar-refractivity contribution in [3.63, 3.8) is 0 Å². The van der Waals surface area contributed by atoms with Gasteiger partial charge in [0.15, 0.2) is 0 Å². The van der Waals surface area contributed by atoms with Crippen LogP contribution in [0.4, 0.5) is 0 Å². The van der Waals surface area contributed by atoms with Gasteiger partial charge in [-0.2, -0.15) is 0 Å². The Kier molecular flexibility index (Phi) is 11.3. The molecule has 2 aliphatic heterocycles. The second-order valence-corrected chi connectivity index (χ2v) is 11.6. The Labute approximate surface area is 242 Å². The molecule has 9 heteroatoms. The van der Waals surface area contributed by atoms with Crippen LogP contribution in [0, 0.1) is 5.92 Å². The number of aryl methyl sites for hydroxylation is 1. The average molecular weight is 582 g/mol. The minimum atomic E-state index is -0.537. The number of fused-ring (bicyclic) bond motifs is 1. The summed E-state index contributed by atoms with van der Waals surface area (Å²) in [7, 11) is 0. The van der Waals surface area contributed by atoms with E-state index in [1.807, 2.05) is 17.0 Å². The second-order valence-electron chi connectivity index (χ2n) is 10.8. The van der Waals surface area contributed by atoms with Crippen LogP contribution in [0.15, 0.2) is 48.5 Å². The number of hydrogen-bond acceptors (Lipinski definition) is 4. The molecule has 2 heterocycles. The molecule has 0 bridgehead atoms. The summed E-state index contributed by atoms with van der Waals surface area (Å²) in [5.41, 5.74) is 8.45. The van der Waals surface area contributed by atoms with Gasteiger partial charge in [-0.05, 0) is 61.3 Å². The van der Waals surface area contributed by atoms with E-state index in [1.165, 1.54) is 5.56 Å². The summed E-state index contributed by atoms with van der Waals surface area (Å²) in [6.07, 6.45) is 3.97. The number of carbonyl (C=O) groups is 2. The molecule has 2 aromatic carbocycles. The SMILES string of the molecule is CC(C)C[C@H](C(=O)NCc1ccc(Cl)cc1Cl)N1CCC(CCc2ccccc2)N2C[C@H](N)C[C@H]2C1=O.Cl. The van der Waals surface area contributed by atoms with E-state index in [0.717, 1.165) is 31.4 Å². The number of halogens is 3. The molecule has 2 saturated heterocycles. The number of nitrogens with zero attached hydrogens (tertiary/aromatic N) is 2. The van der Waals surface area contributed by atoms with E-state index >= 15 is 0 Å². The van der Waals surface area contributed by atoms with Crippen molar-refractivity contribution < 1.29 is 9.59 Å². The molecule has 2 amide bonds.